The maximum Gasteiger partial charge on any atom is 0.250 e. The molecule has 0 spiro atoms. The van der Waals surface area contributed by atoms with Crippen molar-refractivity contribution in [3.63, 3.8) is 0 Å². The Morgan fingerprint density at radius 3 is 2.37 bits per heavy atom. The van der Waals surface area contributed by atoms with Crippen LogP contribution in [0.3, 0.4) is 0 Å². The number of hydrogen-bond acceptors (Lipinski definition) is 4. The molecule has 0 atom stereocenters. The van der Waals surface area contributed by atoms with Gasteiger partial charge in [-0.05, 0) is 59.7 Å². The molecule has 142 valence electrons. The number of benzene rings is 2. The van der Waals surface area contributed by atoms with Crippen molar-refractivity contribution in [1.82, 2.24) is 4.98 Å². The molecule has 1 amide bonds. The lowest BCUT2D eigenvalue weighted by Gasteiger charge is -2.39. The third kappa shape index (κ3) is 3.41. The summed E-state index contributed by atoms with van der Waals surface area (Å²) in [5, 5.41) is 10.5. The van der Waals surface area contributed by atoms with Gasteiger partial charge in [-0.1, -0.05) is 12.1 Å². The smallest absolute Gasteiger partial charge is 0.250 e. The molecule has 1 aromatic heterocycles. The Kier molecular flexibility index (Phi) is 4.38. The van der Waals surface area contributed by atoms with E-state index in [1.54, 1.807) is 30.3 Å². The lowest BCUT2D eigenvalue weighted by molar-refractivity contribution is 0.100. The summed E-state index contributed by atoms with van der Waals surface area (Å²) in [4.78, 5) is 15.2. The number of primary amides is 1. The van der Waals surface area contributed by atoms with E-state index >= 15 is 0 Å². The van der Waals surface area contributed by atoms with Crippen molar-refractivity contribution < 1.29 is 19.0 Å². The Bertz CT molecular complexity index is 1000. The van der Waals surface area contributed by atoms with E-state index in [1.807, 2.05) is 12.3 Å². The molecule has 0 aliphatic carbocycles. The summed E-state index contributed by atoms with van der Waals surface area (Å²) in [7, 11) is -2.44. The molecule has 2 heterocycles. The van der Waals surface area contributed by atoms with Gasteiger partial charge < -0.3 is 15.8 Å². The largest absolute Gasteiger partial charge is 0.508 e. The van der Waals surface area contributed by atoms with Crippen LogP contribution in [0.1, 0.15) is 34.7 Å². The van der Waals surface area contributed by atoms with Gasteiger partial charge in [0.25, 0.3) is 5.91 Å². The predicted molar refractivity (Wildman–Crippen MR) is 108 cm³/mol. The third-order valence-electron chi connectivity index (χ3n) is 5.31. The van der Waals surface area contributed by atoms with Crippen molar-refractivity contribution in [2.75, 3.05) is 11.5 Å². The summed E-state index contributed by atoms with van der Waals surface area (Å²) < 4.78 is 19.8. The zero-order valence-corrected chi connectivity index (χ0v) is 15.5. The van der Waals surface area contributed by atoms with E-state index in [1.165, 1.54) is 0 Å². The van der Waals surface area contributed by atoms with Gasteiger partial charge in [0.15, 0.2) is 0 Å². The molecule has 0 radical (unpaired) electrons. The lowest BCUT2D eigenvalue weighted by atomic mass is 9.91. The fourth-order valence-electron chi connectivity index (χ4n) is 3.82. The first-order valence-electron chi connectivity index (χ1n) is 8.82. The van der Waals surface area contributed by atoms with Crippen molar-refractivity contribution in [2.45, 2.75) is 18.8 Å². The quantitative estimate of drug-likeness (QED) is 0.462. The fourth-order valence-corrected chi connectivity index (χ4v) is 5.35. The van der Waals surface area contributed by atoms with Gasteiger partial charge >= 0.3 is 0 Å². The van der Waals surface area contributed by atoms with Crippen molar-refractivity contribution in [1.29, 1.82) is 0 Å². The summed E-state index contributed by atoms with van der Waals surface area (Å²) in [6.07, 6.45) is 3.30. The molecule has 1 aliphatic heterocycles. The molecule has 0 saturated carbocycles. The maximum absolute atomic E-state index is 12.0. The Morgan fingerprint density at radius 1 is 1.07 bits per heavy atom. The van der Waals surface area contributed by atoms with Crippen LogP contribution in [-0.4, -0.2) is 36.6 Å². The van der Waals surface area contributed by atoms with Crippen LogP contribution >= 0.6 is 10.6 Å². The molecule has 2 aromatic carbocycles. The van der Waals surface area contributed by atoms with Gasteiger partial charge in [0, 0.05) is 23.1 Å². The second-order valence-corrected chi connectivity index (χ2v) is 9.51. The van der Waals surface area contributed by atoms with E-state index in [-0.39, 0.29) is 11.7 Å². The van der Waals surface area contributed by atoms with E-state index in [0.717, 1.165) is 22.1 Å². The van der Waals surface area contributed by atoms with Crippen LogP contribution < -0.4 is 5.73 Å². The Morgan fingerprint density at radius 2 is 1.74 bits per heavy atom. The Labute approximate surface area is 158 Å². The number of aromatic nitrogens is 1. The van der Waals surface area contributed by atoms with Crippen molar-refractivity contribution in [3.8, 4) is 16.9 Å². The topological polar surface area (TPSA) is 120 Å². The second kappa shape index (κ2) is 6.60. The van der Waals surface area contributed by atoms with Gasteiger partial charge in [0.1, 0.15) is 5.75 Å². The van der Waals surface area contributed by atoms with Gasteiger partial charge in [-0.3, -0.25) is 13.9 Å². The van der Waals surface area contributed by atoms with E-state index < -0.39 is 16.5 Å². The van der Waals surface area contributed by atoms with Crippen LogP contribution in [0.25, 0.3) is 22.0 Å². The van der Waals surface area contributed by atoms with Crippen LogP contribution in [0.5, 0.6) is 5.75 Å². The predicted octanol–water partition coefficient (Wildman–Crippen LogP) is 4.27. The zero-order valence-electron chi connectivity index (χ0n) is 14.7. The first-order chi connectivity index (χ1) is 12.8. The molecule has 7 heteroatoms. The molecule has 4 rings (SSSR count). The number of carbonyl (C=O) groups is 1. The molecule has 0 bridgehead atoms. The summed E-state index contributed by atoms with van der Waals surface area (Å²) in [5.41, 5.74) is 9.53. The van der Waals surface area contributed by atoms with Crippen LogP contribution in [0, 0.1) is 0 Å². The molecule has 3 aromatic rings. The minimum absolute atomic E-state index is 0.179. The highest BCUT2D eigenvalue weighted by molar-refractivity contribution is 8.24. The van der Waals surface area contributed by atoms with Crippen molar-refractivity contribution in [3.05, 3.63) is 53.7 Å². The number of nitrogens with one attached hydrogen (secondary N) is 1. The van der Waals surface area contributed by atoms with Crippen molar-refractivity contribution in [2.24, 2.45) is 5.73 Å². The summed E-state index contributed by atoms with van der Waals surface area (Å²) >= 11 is 0. The average molecular weight is 386 g/mol. The Balaban J connectivity index is 1.82. The van der Waals surface area contributed by atoms with Crippen LogP contribution in [0.2, 0.25) is 0 Å². The minimum Gasteiger partial charge on any atom is -0.508 e. The van der Waals surface area contributed by atoms with Crippen LogP contribution in [-0.2, 0) is 0 Å². The van der Waals surface area contributed by atoms with E-state index in [2.05, 4.69) is 4.98 Å². The number of H-pyrrole nitrogens is 1. The number of hydrogen-bond donors (Lipinski definition) is 5. The molecular weight excluding hydrogens is 364 g/mol. The number of phenols is 1. The summed E-state index contributed by atoms with van der Waals surface area (Å²) in [6, 6.07) is 10.6. The maximum atomic E-state index is 12.0. The van der Waals surface area contributed by atoms with E-state index in [9.17, 15) is 19.0 Å². The van der Waals surface area contributed by atoms with Gasteiger partial charge in [-0.25, -0.2) is 0 Å². The number of nitrogens with two attached hydrogens (primary N) is 1. The first-order valence-corrected chi connectivity index (χ1v) is 10.7. The second-order valence-electron chi connectivity index (χ2n) is 7.09. The van der Waals surface area contributed by atoms with Gasteiger partial charge in [0.05, 0.1) is 11.1 Å². The SMILES string of the molecule is NC(=O)c1cc(-c2ccc(O)cc2)cc2c(C3CCS(O)(O)CC3)c[nH]c12. The molecule has 1 saturated heterocycles. The molecule has 27 heavy (non-hydrogen) atoms. The number of aromatic amines is 1. The van der Waals surface area contributed by atoms with Gasteiger partial charge in [-0.2, -0.15) is 10.6 Å². The van der Waals surface area contributed by atoms with E-state index in [0.29, 0.717) is 35.4 Å². The average Bonchev–Trinajstić information content (AvgIpc) is 3.05. The first kappa shape index (κ1) is 17.9. The number of carbonyl (C=O) groups excluding carboxylic acids is 1. The highest BCUT2D eigenvalue weighted by atomic mass is 32.3. The van der Waals surface area contributed by atoms with Crippen molar-refractivity contribution >= 4 is 27.4 Å². The monoisotopic (exact) mass is 386 g/mol. The standard InChI is InChI=1S/C20H22N2O4S/c21-20(24)17-10-14(12-1-3-15(23)4-2-12)9-16-18(11-22-19(16)17)13-5-7-27(25,26)8-6-13/h1-4,9-11,13,22-23,25-26H,5-8H2,(H2,21,24). The highest BCUT2D eigenvalue weighted by Crippen LogP contribution is 2.49. The number of phenolic OH excluding ortho intramolecular Hbond substituents is 1. The molecule has 1 fully saturated rings. The zero-order chi connectivity index (χ0) is 19.2. The van der Waals surface area contributed by atoms with Crippen LogP contribution in [0.4, 0.5) is 0 Å². The normalized spacial score (nSPS) is 18.4. The molecule has 6 nitrogen and oxygen atoms in total. The number of aromatic hydroxyl groups is 1. The number of amides is 1. The summed E-state index contributed by atoms with van der Waals surface area (Å²) in [6.45, 7) is 0. The van der Waals surface area contributed by atoms with Gasteiger partial charge in [0.2, 0.25) is 0 Å². The van der Waals surface area contributed by atoms with Crippen LogP contribution in [0.15, 0.2) is 42.6 Å². The molecule has 6 N–H and O–H groups in total. The third-order valence-corrected chi connectivity index (χ3v) is 7.09. The number of rotatable bonds is 3. The van der Waals surface area contributed by atoms with E-state index in [4.69, 9.17) is 5.73 Å². The minimum atomic E-state index is -2.44. The Hall–Kier alpha value is -2.48. The molecule has 0 unspecified atom stereocenters. The molecule has 1 aliphatic rings. The summed E-state index contributed by atoms with van der Waals surface area (Å²) in [5.74, 6) is 0.690. The number of fused-ring (bicyclic) bond motifs is 1. The highest BCUT2D eigenvalue weighted by Gasteiger charge is 2.27. The lowest BCUT2D eigenvalue weighted by Crippen LogP contribution is -2.19. The molecular formula is C20H22N2O4S. The van der Waals surface area contributed by atoms with Gasteiger partial charge in [-0.15, -0.1) is 0 Å². The fraction of sp³-hybridized carbons (Fsp3) is 0.250.